The highest BCUT2D eigenvalue weighted by Gasteiger charge is 2.16. The van der Waals surface area contributed by atoms with Gasteiger partial charge in [0, 0.05) is 29.0 Å². The number of nitrogens with zero attached hydrogens (tertiary/aromatic N) is 1. The van der Waals surface area contributed by atoms with Gasteiger partial charge in [-0.05, 0) is 30.3 Å². The van der Waals surface area contributed by atoms with Crippen LogP contribution in [0.5, 0.6) is 5.75 Å². The molecule has 19 heavy (non-hydrogen) atoms. The first-order valence-electron chi connectivity index (χ1n) is 5.61. The third-order valence-electron chi connectivity index (χ3n) is 2.77. The topological polar surface area (TPSA) is 66.6 Å². The fraction of sp³-hybridized carbons (Fsp3) is 0.0714. The van der Waals surface area contributed by atoms with Gasteiger partial charge in [-0.15, -0.1) is 0 Å². The lowest BCUT2D eigenvalue weighted by Gasteiger charge is -2.18. The van der Waals surface area contributed by atoms with Crippen molar-refractivity contribution >= 4 is 33.2 Å². The van der Waals surface area contributed by atoms with Crippen LogP contribution in [-0.4, -0.2) is 18.1 Å². The highest BCUT2D eigenvalue weighted by atomic mass is 79.9. The maximum absolute atomic E-state index is 12.3. The number of benzene rings is 2. The number of rotatable bonds is 2. The van der Waals surface area contributed by atoms with Crippen LogP contribution >= 0.6 is 15.9 Å². The Bertz CT molecular complexity index is 629. The Hall–Kier alpha value is -2.01. The van der Waals surface area contributed by atoms with Gasteiger partial charge in [-0.2, -0.15) is 0 Å². The lowest BCUT2D eigenvalue weighted by atomic mass is 10.1. The standard InChI is InChI=1S/C14H13BrN2O2/c1-17(10-3-2-4-11(18)8-10)14(19)12-6-5-9(15)7-13(12)16/h2-8,18H,16H2,1H3. The number of amides is 1. The molecule has 2 rings (SSSR count). The van der Waals surface area contributed by atoms with Crippen LogP contribution in [0.1, 0.15) is 10.4 Å². The van der Waals surface area contributed by atoms with Gasteiger partial charge < -0.3 is 15.7 Å². The van der Waals surface area contributed by atoms with Crippen LogP contribution in [0, 0.1) is 0 Å². The average molecular weight is 321 g/mol. The van der Waals surface area contributed by atoms with Crippen molar-refractivity contribution in [2.24, 2.45) is 0 Å². The van der Waals surface area contributed by atoms with E-state index in [9.17, 15) is 9.90 Å². The number of carbonyl (C=O) groups is 1. The van der Waals surface area contributed by atoms with E-state index in [1.54, 1.807) is 43.4 Å². The molecule has 2 aromatic rings. The Labute approximate surface area is 119 Å². The highest BCUT2D eigenvalue weighted by molar-refractivity contribution is 9.10. The summed E-state index contributed by atoms with van der Waals surface area (Å²) in [5.74, 6) is -0.114. The monoisotopic (exact) mass is 320 g/mol. The molecule has 0 aliphatic heterocycles. The van der Waals surface area contributed by atoms with Crippen molar-refractivity contribution in [1.29, 1.82) is 0 Å². The number of aromatic hydroxyl groups is 1. The van der Waals surface area contributed by atoms with E-state index in [2.05, 4.69) is 15.9 Å². The minimum Gasteiger partial charge on any atom is -0.508 e. The van der Waals surface area contributed by atoms with Crippen molar-refractivity contribution in [3.05, 3.63) is 52.5 Å². The number of carbonyl (C=O) groups excluding carboxylic acids is 1. The van der Waals surface area contributed by atoms with E-state index < -0.39 is 0 Å². The van der Waals surface area contributed by atoms with Crippen LogP contribution in [-0.2, 0) is 0 Å². The zero-order valence-electron chi connectivity index (χ0n) is 10.3. The molecule has 0 heterocycles. The van der Waals surface area contributed by atoms with Crippen LogP contribution < -0.4 is 10.6 Å². The molecule has 0 aliphatic carbocycles. The molecular weight excluding hydrogens is 308 g/mol. The summed E-state index contributed by atoms with van der Waals surface area (Å²) < 4.78 is 0.821. The Morgan fingerprint density at radius 3 is 2.63 bits per heavy atom. The second kappa shape index (κ2) is 5.32. The molecule has 0 saturated heterocycles. The van der Waals surface area contributed by atoms with Crippen molar-refractivity contribution in [3.8, 4) is 5.75 Å². The molecule has 0 bridgehead atoms. The Morgan fingerprint density at radius 1 is 1.26 bits per heavy atom. The van der Waals surface area contributed by atoms with Crippen LogP contribution in [0.3, 0.4) is 0 Å². The van der Waals surface area contributed by atoms with Crippen LogP contribution in [0.2, 0.25) is 0 Å². The smallest absolute Gasteiger partial charge is 0.260 e. The van der Waals surface area contributed by atoms with E-state index in [1.165, 1.54) is 11.0 Å². The van der Waals surface area contributed by atoms with Gasteiger partial charge in [-0.25, -0.2) is 0 Å². The molecule has 0 spiro atoms. The van der Waals surface area contributed by atoms with E-state index in [0.29, 0.717) is 16.9 Å². The van der Waals surface area contributed by atoms with Gasteiger partial charge in [0.1, 0.15) is 5.75 Å². The lowest BCUT2D eigenvalue weighted by molar-refractivity contribution is 0.0994. The molecule has 0 radical (unpaired) electrons. The molecule has 5 heteroatoms. The fourth-order valence-corrected chi connectivity index (χ4v) is 2.11. The summed E-state index contributed by atoms with van der Waals surface area (Å²) in [6.07, 6.45) is 0. The minimum atomic E-state index is -0.226. The van der Waals surface area contributed by atoms with Crippen molar-refractivity contribution in [1.82, 2.24) is 0 Å². The first-order valence-corrected chi connectivity index (χ1v) is 6.40. The van der Waals surface area contributed by atoms with E-state index in [1.807, 2.05) is 0 Å². The number of nitrogens with two attached hydrogens (primary N) is 1. The number of hydrogen-bond acceptors (Lipinski definition) is 3. The predicted molar refractivity (Wildman–Crippen MR) is 79.4 cm³/mol. The number of halogens is 1. The van der Waals surface area contributed by atoms with Crippen molar-refractivity contribution in [2.45, 2.75) is 0 Å². The molecule has 0 aromatic heterocycles. The summed E-state index contributed by atoms with van der Waals surface area (Å²) in [5.41, 5.74) is 7.28. The lowest BCUT2D eigenvalue weighted by Crippen LogP contribution is -2.26. The summed E-state index contributed by atoms with van der Waals surface area (Å²) in [6.45, 7) is 0. The second-order valence-electron chi connectivity index (χ2n) is 4.12. The summed E-state index contributed by atoms with van der Waals surface area (Å²) in [6, 6.07) is 11.6. The summed E-state index contributed by atoms with van der Waals surface area (Å²) in [5, 5.41) is 9.44. The first-order chi connectivity index (χ1) is 8.99. The number of anilines is 2. The van der Waals surface area contributed by atoms with Crippen LogP contribution in [0.4, 0.5) is 11.4 Å². The Balaban J connectivity index is 2.33. The largest absolute Gasteiger partial charge is 0.508 e. The minimum absolute atomic E-state index is 0.112. The Kier molecular flexibility index (Phi) is 3.76. The zero-order valence-corrected chi connectivity index (χ0v) is 11.9. The van der Waals surface area contributed by atoms with Gasteiger partial charge in [-0.1, -0.05) is 22.0 Å². The summed E-state index contributed by atoms with van der Waals surface area (Å²) in [4.78, 5) is 13.8. The zero-order chi connectivity index (χ0) is 14.0. The molecule has 0 fully saturated rings. The van der Waals surface area contributed by atoms with Crippen molar-refractivity contribution < 1.29 is 9.90 Å². The van der Waals surface area contributed by atoms with Gasteiger partial charge in [0.25, 0.3) is 5.91 Å². The van der Waals surface area contributed by atoms with Crippen LogP contribution in [0.25, 0.3) is 0 Å². The SMILES string of the molecule is CN(C(=O)c1ccc(Br)cc1N)c1cccc(O)c1. The summed E-state index contributed by atoms with van der Waals surface area (Å²) in [7, 11) is 1.64. The first kappa shape index (κ1) is 13.4. The van der Waals surface area contributed by atoms with Crippen molar-refractivity contribution in [2.75, 3.05) is 17.7 Å². The van der Waals surface area contributed by atoms with Gasteiger partial charge >= 0.3 is 0 Å². The molecule has 4 nitrogen and oxygen atoms in total. The number of phenols is 1. The highest BCUT2D eigenvalue weighted by Crippen LogP contribution is 2.24. The molecular formula is C14H13BrN2O2. The number of nitrogen functional groups attached to an aromatic ring is 1. The Morgan fingerprint density at radius 2 is 2.00 bits per heavy atom. The molecule has 2 aromatic carbocycles. The maximum atomic E-state index is 12.3. The summed E-state index contributed by atoms with van der Waals surface area (Å²) >= 11 is 3.30. The molecule has 1 amide bonds. The molecule has 3 N–H and O–H groups in total. The molecule has 98 valence electrons. The molecule has 0 aliphatic rings. The number of phenolic OH excluding ortho intramolecular Hbond substituents is 1. The van der Waals surface area contributed by atoms with Gasteiger partial charge in [0.05, 0.1) is 5.56 Å². The number of hydrogen-bond donors (Lipinski definition) is 2. The molecule has 0 atom stereocenters. The van der Waals surface area contributed by atoms with Gasteiger partial charge in [0.2, 0.25) is 0 Å². The van der Waals surface area contributed by atoms with Crippen LogP contribution in [0.15, 0.2) is 46.9 Å². The molecule has 0 saturated carbocycles. The quantitative estimate of drug-likeness (QED) is 0.836. The van der Waals surface area contributed by atoms with Gasteiger partial charge in [0.15, 0.2) is 0 Å². The van der Waals surface area contributed by atoms with E-state index in [4.69, 9.17) is 5.73 Å². The predicted octanol–water partition coefficient (Wildman–Crippen LogP) is 3.01. The third-order valence-corrected chi connectivity index (χ3v) is 3.26. The molecule has 0 unspecified atom stereocenters. The fourth-order valence-electron chi connectivity index (χ4n) is 1.73. The van der Waals surface area contributed by atoms with E-state index in [-0.39, 0.29) is 11.7 Å². The normalized spacial score (nSPS) is 10.2. The third kappa shape index (κ3) is 2.88. The van der Waals surface area contributed by atoms with Gasteiger partial charge in [-0.3, -0.25) is 4.79 Å². The maximum Gasteiger partial charge on any atom is 0.260 e. The van der Waals surface area contributed by atoms with E-state index in [0.717, 1.165) is 4.47 Å². The van der Waals surface area contributed by atoms with Crippen molar-refractivity contribution in [3.63, 3.8) is 0 Å². The second-order valence-corrected chi connectivity index (χ2v) is 5.03. The average Bonchev–Trinajstić information content (AvgIpc) is 2.37. The van der Waals surface area contributed by atoms with E-state index >= 15 is 0 Å².